The Bertz CT molecular complexity index is 1020. The van der Waals surface area contributed by atoms with Gasteiger partial charge < -0.3 is 9.47 Å². The van der Waals surface area contributed by atoms with E-state index in [1.807, 2.05) is 23.6 Å². The number of ether oxygens (including phenoxy) is 2. The minimum Gasteiger partial charge on any atom is -0.495 e. The summed E-state index contributed by atoms with van der Waals surface area (Å²) in [4.78, 5) is 29.9. The maximum Gasteiger partial charge on any atom is 0.413 e. The predicted molar refractivity (Wildman–Crippen MR) is 118 cm³/mol. The molecule has 2 heterocycles. The quantitative estimate of drug-likeness (QED) is 0.381. The molecule has 2 aromatic heterocycles. The average molecular weight is 466 g/mol. The number of rotatable bonds is 8. The van der Waals surface area contributed by atoms with Crippen molar-refractivity contribution in [3.05, 3.63) is 35.3 Å². The molecule has 2 amide bonds. The van der Waals surface area contributed by atoms with Crippen molar-refractivity contribution in [1.29, 1.82) is 0 Å². The molecule has 0 saturated carbocycles. The van der Waals surface area contributed by atoms with Crippen LogP contribution in [0.25, 0.3) is 0 Å². The number of carbonyl (C=O) groups excluding carboxylic acids is 2. The Balaban J connectivity index is 1.68. The minimum atomic E-state index is -0.560. The van der Waals surface area contributed by atoms with Gasteiger partial charge in [0, 0.05) is 18.1 Å². The van der Waals surface area contributed by atoms with E-state index >= 15 is 0 Å². The van der Waals surface area contributed by atoms with Crippen molar-refractivity contribution in [3.8, 4) is 5.75 Å². The number of methoxy groups -OCH3 is 1. The first-order valence-corrected chi connectivity index (χ1v) is 11.5. The number of aromatic nitrogens is 3. The van der Waals surface area contributed by atoms with Gasteiger partial charge in [0.2, 0.25) is 11.0 Å². The lowest BCUT2D eigenvalue weighted by Gasteiger charge is -2.20. The van der Waals surface area contributed by atoms with Gasteiger partial charge in [-0.2, -0.15) is 0 Å². The predicted octanol–water partition coefficient (Wildman–Crippen LogP) is 4.55. The topological polar surface area (TPSA) is 107 Å². The Labute approximate surface area is 185 Å². The molecule has 12 heteroatoms. The third kappa shape index (κ3) is 5.46. The second kappa shape index (κ2) is 10.4. The van der Waals surface area contributed by atoms with E-state index < -0.39 is 6.09 Å². The lowest BCUT2D eigenvalue weighted by Crippen LogP contribution is -2.23. The lowest BCUT2D eigenvalue weighted by molar-refractivity contribution is -0.115. The molecule has 0 spiro atoms. The number of anilines is 3. The van der Waals surface area contributed by atoms with Crippen LogP contribution in [-0.2, 0) is 15.3 Å². The fourth-order valence-corrected chi connectivity index (χ4v) is 5.01. The highest BCUT2D eigenvalue weighted by atomic mass is 32.2. The Morgan fingerprint density at radius 2 is 2.07 bits per heavy atom. The van der Waals surface area contributed by atoms with Crippen molar-refractivity contribution in [2.75, 3.05) is 23.9 Å². The second-order valence-electron chi connectivity index (χ2n) is 5.65. The highest BCUT2D eigenvalue weighted by molar-refractivity contribution is 8.00. The highest BCUT2D eigenvalue weighted by Gasteiger charge is 2.21. The van der Waals surface area contributed by atoms with Crippen LogP contribution in [0.15, 0.2) is 34.0 Å². The summed E-state index contributed by atoms with van der Waals surface area (Å²) in [6, 6.07) is 7.30. The molecule has 0 unspecified atom stereocenters. The van der Waals surface area contributed by atoms with Crippen LogP contribution in [0.5, 0.6) is 5.75 Å². The zero-order chi connectivity index (χ0) is 21.5. The number of thioether (sulfide) groups is 1. The van der Waals surface area contributed by atoms with Crippen LogP contribution in [0.1, 0.15) is 19.5 Å². The maximum absolute atomic E-state index is 12.3. The first-order valence-electron chi connectivity index (χ1n) is 8.80. The molecule has 0 aliphatic rings. The van der Waals surface area contributed by atoms with Gasteiger partial charge in [-0.3, -0.25) is 15.0 Å². The second-order valence-corrected chi connectivity index (χ2v) is 8.69. The number of carbonyl (C=O) groups is 2. The van der Waals surface area contributed by atoms with Crippen LogP contribution >= 0.6 is 34.4 Å². The summed E-state index contributed by atoms with van der Waals surface area (Å²) in [6.07, 6.45) is -0.560. The zero-order valence-electron chi connectivity index (χ0n) is 16.4. The number of nitrogens with one attached hydrogen (secondary N) is 1. The van der Waals surface area contributed by atoms with Crippen LogP contribution in [0.4, 0.5) is 20.7 Å². The molecule has 1 N–H and O–H groups in total. The van der Waals surface area contributed by atoms with E-state index in [4.69, 9.17) is 9.47 Å². The SMILES string of the molecule is CCOC(=O)Nc1nnc(SCc2csc(N(C(C)=O)c3ccccc3OC)n2)s1. The fraction of sp³-hybridized carbons (Fsp3) is 0.278. The fourth-order valence-electron chi connectivity index (χ4n) is 2.40. The first-order chi connectivity index (χ1) is 14.5. The molecular formula is C18H19N5O4S3. The summed E-state index contributed by atoms with van der Waals surface area (Å²) in [6.45, 7) is 3.50. The number of amides is 2. The maximum atomic E-state index is 12.3. The number of nitrogens with zero attached hydrogens (tertiary/aromatic N) is 4. The van der Waals surface area contributed by atoms with E-state index in [1.54, 1.807) is 20.1 Å². The Morgan fingerprint density at radius 3 is 2.80 bits per heavy atom. The molecule has 158 valence electrons. The van der Waals surface area contributed by atoms with Crippen molar-refractivity contribution in [2.45, 2.75) is 23.9 Å². The largest absolute Gasteiger partial charge is 0.495 e. The van der Waals surface area contributed by atoms with Gasteiger partial charge in [-0.15, -0.1) is 21.5 Å². The molecule has 3 aromatic rings. The Morgan fingerprint density at radius 1 is 1.27 bits per heavy atom. The van der Waals surface area contributed by atoms with E-state index in [2.05, 4.69) is 20.5 Å². The van der Waals surface area contributed by atoms with Crippen LogP contribution in [-0.4, -0.2) is 40.9 Å². The molecule has 1 aromatic carbocycles. The van der Waals surface area contributed by atoms with Crippen molar-refractivity contribution >= 4 is 62.4 Å². The Kier molecular flexibility index (Phi) is 7.60. The van der Waals surface area contributed by atoms with E-state index in [0.29, 0.717) is 31.8 Å². The molecule has 3 rings (SSSR count). The summed E-state index contributed by atoms with van der Waals surface area (Å²) in [5.41, 5.74) is 1.44. The minimum absolute atomic E-state index is 0.160. The number of thiazole rings is 1. The van der Waals surface area contributed by atoms with E-state index in [0.717, 1.165) is 5.69 Å². The van der Waals surface area contributed by atoms with Crippen molar-refractivity contribution in [3.63, 3.8) is 0 Å². The molecule has 0 aliphatic heterocycles. The van der Waals surface area contributed by atoms with Crippen LogP contribution in [0.3, 0.4) is 0 Å². The van der Waals surface area contributed by atoms with E-state index in [9.17, 15) is 9.59 Å². The third-order valence-corrected chi connectivity index (χ3v) is 6.49. The number of hydrogen-bond donors (Lipinski definition) is 1. The zero-order valence-corrected chi connectivity index (χ0v) is 18.9. The number of hydrogen-bond acceptors (Lipinski definition) is 10. The summed E-state index contributed by atoms with van der Waals surface area (Å²) in [5.74, 6) is 0.975. The third-order valence-electron chi connectivity index (χ3n) is 3.61. The summed E-state index contributed by atoms with van der Waals surface area (Å²) < 4.78 is 10.9. The average Bonchev–Trinajstić information content (AvgIpc) is 3.36. The van der Waals surface area contributed by atoms with Gasteiger partial charge >= 0.3 is 6.09 Å². The summed E-state index contributed by atoms with van der Waals surface area (Å²) >= 11 is 4.06. The van der Waals surface area contributed by atoms with Crippen LogP contribution < -0.4 is 15.0 Å². The number of benzene rings is 1. The van der Waals surface area contributed by atoms with E-state index in [-0.39, 0.29) is 12.5 Å². The van der Waals surface area contributed by atoms with Gasteiger partial charge in [-0.1, -0.05) is 35.2 Å². The van der Waals surface area contributed by atoms with Gasteiger partial charge in [0.05, 0.1) is 25.1 Å². The molecule has 0 aliphatic carbocycles. The van der Waals surface area contributed by atoms with Crippen molar-refractivity contribution in [1.82, 2.24) is 15.2 Å². The summed E-state index contributed by atoms with van der Waals surface area (Å²) in [7, 11) is 1.56. The normalized spacial score (nSPS) is 10.5. The summed E-state index contributed by atoms with van der Waals surface area (Å²) in [5, 5.41) is 13.3. The van der Waals surface area contributed by atoms with E-state index in [1.165, 1.54) is 46.3 Å². The van der Waals surface area contributed by atoms with Gasteiger partial charge in [0.1, 0.15) is 5.75 Å². The standard InChI is InChI=1S/C18H19N5O4S3/c1-4-27-17(25)20-15-21-22-18(30-15)29-10-12-9-28-16(19-12)23(11(2)24)13-7-5-6-8-14(13)26-3/h5-9H,4,10H2,1-3H3,(H,20,21,25). The van der Waals surface area contributed by atoms with Gasteiger partial charge in [0.15, 0.2) is 9.47 Å². The van der Waals surface area contributed by atoms with Crippen molar-refractivity contribution in [2.24, 2.45) is 0 Å². The van der Waals surface area contributed by atoms with Crippen LogP contribution in [0.2, 0.25) is 0 Å². The molecule has 0 atom stereocenters. The molecule has 9 nitrogen and oxygen atoms in total. The lowest BCUT2D eigenvalue weighted by atomic mass is 10.2. The van der Waals surface area contributed by atoms with Gasteiger partial charge in [0.25, 0.3) is 0 Å². The molecule has 0 saturated heterocycles. The molecule has 0 bridgehead atoms. The molecular weight excluding hydrogens is 446 g/mol. The van der Waals surface area contributed by atoms with Gasteiger partial charge in [-0.05, 0) is 19.1 Å². The van der Waals surface area contributed by atoms with Gasteiger partial charge in [-0.25, -0.2) is 9.78 Å². The first kappa shape index (κ1) is 22.0. The molecule has 0 radical (unpaired) electrons. The molecule has 0 fully saturated rings. The number of para-hydroxylation sites is 2. The molecule has 30 heavy (non-hydrogen) atoms. The highest BCUT2D eigenvalue weighted by Crippen LogP contribution is 2.36. The monoisotopic (exact) mass is 465 g/mol. The Hall–Kier alpha value is -2.70. The smallest absolute Gasteiger partial charge is 0.413 e. The van der Waals surface area contributed by atoms with Crippen LogP contribution in [0, 0.1) is 0 Å². The van der Waals surface area contributed by atoms with Crippen molar-refractivity contribution < 1.29 is 19.1 Å².